The van der Waals surface area contributed by atoms with Crippen LogP contribution in [0.2, 0.25) is 0 Å². The van der Waals surface area contributed by atoms with Gasteiger partial charge in [-0.05, 0) is 55.5 Å². The van der Waals surface area contributed by atoms with Crippen LogP contribution in [-0.4, -0.2) is 21.6 Å². The Balaban J connectivity index is 1.38. The zero-order chi connectivity index (χ0) is 22.5. The number of hydrogen-bond donors (Lipinski definition) is 2. The number of hydrogen-bond acceptors (Lipinski definition) is 4. The first-order valence-electron chi connectivity index (χ1n) is 10.8. The molecule has 2 amide bonds. The third-order valence-electron chi connectivity index (χ3n) is 5.66. The summed E-state index contributed by atoms with van der Waals surface area (Å²) in [5, 5.41) is 10.00. The van der Waals surface area contributed by atoms with Crippen LogP contribution in [0.3, 0.4) is 0 Å². The van der Waals surface area contributed by atoms with Crippen LogP contribution in [-0.2, 0) is 17.8 Å². The van der Waals surface area contributed by atoms with Crippen molar-refractivity contribution >= 4 is 17.5 Å². The van der Waals surface area contributed by atoms with Gasteiger partial charge < -0.3 is 10.6 Å². The van der Waals surface area contributed by atoms with E-state index in [9.17, 15) is 14.4 Å². The van der Waals surface area contributed by atoms with Crippen molar-refractivity contribution in [2.24, 2.45) is 0 Å². The fourth-order valence-electron chi connectivity index (χ4n) is 3.94. The van der Waals surface area contributed by atoms with Gasteiger partial charge in [0.15, 0.2) is 0 Å². The number of rotatable bonds is 6. The van der Waals surface area contributed by atoms with E-state index in [1.165, 1.54) is 22.4 Å². The van der Waals surface area contributed by atoms with Crippen molar-refractivity contribution < 1.29 is 9.59 Å². The quantitative estimate of drug-likeness (QED) is 0.627. The molecule has 0 spiro atoms. The third-order valence-corrected chi connectivity index (χ3v) is 5.66. The third kappa shape index (κ3) is 5.11. The standard InChI is InChI=1S/C25H26N4O3/c1-17-9-11-19(12-10-17)26-25(32)22-13-14-24(31)29(28-22)16-15-23(30)27-21-8-4-6-18-5-2-3-7-20(18)21/h2-3,5,7,9-14,21H,4,6,8,15-16H2,1H3,(H,26,32)(H,27,30). The maximum Gasteiger partial charge on any atom is 0.276 e. The molecule has 1 aliphatic carbocycles. The van der Waals surface area contributed by atoms with Crippen LogP contribution in [0.4, 0.5) is 5.69 Å². The summed E-state index contributed by atoms with van der Waals surface area (Å²) in [6, 6.07) is 18.2. The summed E-state index contributed by atoms with van der Waals surface area (Å²) >= 11 is 0. The second-order valence-electron chi connectivity index (χ2n) is 8.06. The first-order valence-corrected chi connectivity index (χ1v) is 10.8. The van der Waals surface area contributed by atoms with Gasteiger partial charge in [-0.2, -0.15) is 5.10 Å². The molecule has 0 aliphatic heterocycles. The number of nitrogens with one attached hydrogen (secondary N) is 2. The maximum absolute atomic E-state index is 12.6. The fourth-order valence-corrected chi connectivity index (χ4v) is 3.94. The van der Waals surface area contributed by atoms with E-state index in [-0.39, 0.29) is 36.2 Å². The summed E-state index contributed by atoms with van der Waals surface area (Å²) in [6.07, 6.45) is 3.06. The molecule has 1 heterocycles. The summed E-state index contributed by atoms with van der Waals surface area (Å²) in [6.45, 7) is 2.07. The highest BCUT2D eigenvalue weighted by molar-refractivity contribution is 6.02. The van der Waals surface area contributed by atoms with Gasteiger partial charge in [0.1, 0.15) is 5.69 Å². The van der Waals surface area contributed by atoms with Crippen molar-refractivity contribution in [3.05, 3.63) is 93.4 Å². The van der Waals surface area contributed by atoms with Crippen LogP contribution < -0.4 is 16.2 Å². The Kier molecular flexibility index (Phi) is 6.44. The molecule has 7 nitrogen and oxygen atoms in total. The minimum Gasteiger partial charge on any atom is -0.349 e. The van der Waals surface area contributed by atoms with E-state index in [2.05, 4.69) is 27.9 Å². The maximum atomic E-state index is 12.6. The molecule has 164 valence electrons. The summed E-state index contributed by atoms with van der Waals surface area (Å²) in [7, 11) is 0. The lowest BCUT2D eigenvalue weighted by atomic mass is 9.88. The molecule has 3 aromatic rings. The van der Waals surface area contributed by atoms with Crippen molar-refractivity contribution in [3.8, 4) is 0 Å². The number of carbonyl (C=O) groups excluding carboxylic acids is 2. The molecule has 1 aromatic heterocycles. The van der Waals surface area contributed by atoms with Gasteiger partial charge in [-0.1, -0.05) is 42.0 Å². The van der Waals surface area contributed by atoms with Gasteiger partial charge in [0.25, 0.3) is 11.5 Å². The molecule has 0 fully saturated rings. The van der Waals surface area contributed by atoms with Crippen LogP contribution in [0, 0.1) is 6.92 Å². The van der Waals surface area contributed by atoms with Crippen molar-refractivity contribution in [2.45, 2.75) is 45.2 Å². The molecule has 2 N–H and O–H groups in total. The van der Waals surface area contributed by atoms with Crippen molar-refractivity contribution in [1.29, 1.82) is 0 Å². The molecule has 0 radical (unpaired) electrons. The smallest absolute Gasteiger partial charge is 0.276 e. The molecule has 1 atom stereocenters. The largest absolute Gasteiger partial charge is 0.349 e. The molecule has 4 rings (SSSR count). The van der Waals surface area contributed by atoms with E-state index in [0.717, 1.165) is 30.4 Å². The SMILES string of the molecule is Cc1ccc(NC(=O)c2ccc(=O)n(CCC(=O)NC3CCCc4ccccc43)n2)cc1. The number of carbonyl (C=O) groups is 2. The van der Waals surface area contributed by atoms with Gasteiger partial charge >= 0.3 is 0 Å². The van der Waals surface area contributed by atoms with E-state index in [4.69, 9.17) is 0 Å². The average molecular weight is 431 g/mol. The molecule has 1 unspecified atom stereocenters. The van der Waals surface area contributed by atoms with Crippen LogP contribution in [0.15, 0.2) is 65.5 Å². The van der Waals surface area contributed by atoms with E-state index in [0.29, 0.717) is 5.69 Å². The number of aryl methyl sites for hydroxylation is 3. The summed E-state index contributed by atoms with van der Waals surface area (Å²) in [4.78, 5) is 37.3. The molecule has 0 bridgehead atoms. The van der Waals surface area contributed by atoms with Crippen molar-refractivity contribution in [3.63, 3.8) is 0 Å². The predicted octanol–water partition coefficient (Wildman–Crippen LogP) is 3.39. The van der Waals surface area contributed by atoms with Crippen LogP contribution in [0.1, 0.15) is 52.5 Å². The first kappa shape index (κ1) is 21.5. The minimum atomic E-state index is -0.411. The number of fused-ring (bicyclic) bond motifs is 1. The normalized spacial score (nSPS) is 15.0. The highest BCUT2D eigenvalue weighted by atomic mass is 16.2. The van der Waals surface area contributed by atoms with E-state index in [1.54, 1.807) is 12.1 Å². The molecular formula is C25H26N4O3. The lowest BCUT2D eigenvalue weighted by Crippen LogP contribution is -2.33. The molecule has 7 heteroatoms. The topological polar surface area (TPSA) is 93.1 Å². The van der Waals surface area contributed by atoms with Gasteiger partial charge in [-0.25, -0.2) is 4.68 Å². The van der Waals surface area contributed by atoms with Crippen molar-refractivity contribution in [1.82, 2.24) is 15.1 Å². The summed E-state index contributed by atoms with van der Waals surface area (Å²) in [5.74, 6) is -0.555. The van der Waals surface area contributed by atoms with E-state index >= 15 is 0 Å². The highest BCUT2D eigenvalue weighted by Crippen LogP contribution is 2.29. The lowest BCUT2D eigenvalue weighted by Gasteiger charge is -2.26. The number of amides is 2. The fraction of sp³-hybridized carbons (Fsp3) is 0.280. The highest BCUT2D eigenvalue weighted by Gasteiger charge is 2.21. The van der Waals surface area contributed by atoms with Crippen LogP contribution in [0.25, 0.3) is 0 Å². The van der Waals surface area contributed by atoms with Gasteiger partial charge in [0.2, 0.25) is 5.91 Å². The zero-order valence-electron chi connectivity index (χ0n) is 18.0. The zero-order valence-corrected chi connectivity index (χ0v) is 18.0. The monoisotopic (exact) mass is 430 g/mol. The molecule has 1 aliphatic rings. The second-order valence-corrected chi connectivity index (χ2v) is 8.06. The van der Waals surface area contributed by atoms with Crippen molar-refractivity contribution in [2.75, 3.05) is 5.32 Å². The Morgan fingerprint density at radius 3 is 2.66 bits per heavy atom. The number of anilines is 1. The molecule has 2 aromatic carbocycles. The molecule has 0 saturated carbocycles. The summed E-state index contributed by atoms with van der Waals surface area (Å²) < 4.78 is 1.17. The summed E-state index contributed by atoms with van der Waals surface area (Å²) in [5.41, 5.74) is 3.93. The van der Waals surface area contributed by atoms with Crippen LogP contribution >= 0.6 is 0 Å². The van der Waals surface area contributed by atoms with Gasteiger partial charge in [0.05, 0.1) is 12.6 Å². The first-order chi connectivity index (χ1) is 15.5. The Labute approximate surface area is 186 Å². The minimum absolute atomic E-state index is 0.0104. The number of aromatic nitrogens is 2. The van der Waals surface area contributed by atoms with E-state index < -0.39 is 5.91 Å². The van der Waals surface area contributed by atoms with Gasteiger partial charge in [0, 0.05) is 18.2 Å². The van der Waals surface area contributed by atoms with E-state index in [1.807, 2.05) is 31.2 Å². The molecule has 0 saturated heterocycles. The number of nitrogens with zero attached hydrogens (tertiary/aromatic N) is 2. The average Bonchev–Trinajstić information content (AvgIpc) is 2.80. The Morgan fingerprint density at radius 2 is 1.84 bits per heavy atom. The Morgan fingerprint density at radius 1 is 1.06 bits per heavy atom. The van der Waals surface area contributed by atoms with Crippen LogP contribution in [0.5, 0.6) is 0 Å². The number of benzene rings is 2. The molecule has 32 heavy (non-hydrogen) atoms. The van der Waals surface area contributed by atoms with Gasteiger partial charge in [-0.15, -0.1) is 0 Å². The lowest BCUT2D eigenvalue weighted by molar-refractivity contribution is -0.122. The Hall–Kier alpha value is -3.74. The second kappa shape index (κ2) is 9.60. The Bertz CT molecular complexity index is 1180. The molecular weight excluding hydrogens is 404 g/mol. The predicted molar refractivity (Wildman–Crippen MR) is 123 cm³/mol. The van der Waals surface area contributed by atoms with Gasteiger partial charge in [-0.3, -0.25) is 14.4 Å².